The van der Waals surface area contributed by atoms with E-state index in [-0.39, 0.29) is 32.0 Å². The van der Waals surface area contributed by atoms with E-state index in [2.05, 4.69) is 15.2 Å². The van der Waals surface area contributed by atoms with Gasteiger partial charge in [-0.1, -0.05) is 34.4 Å². The molecule has 1 atom stereocenters. The highest BCUT2D eigenvalue weighted by Gasteiger charge is 2.62. The standard InChI is InChI=1S/C25H17Cl2F10N5O2/c1-11-5-13(18-8-22(44-40-18,25(35,36)37)14-6-16(26)19(28)17(27)7-14)3-4-15(11)20(43)41(9-23(29,30)31)21-38-12(2)42(39-21)10-24(32,33)34/h3-7H,8-10H2,1-2H3. The first-order chi connectivity index (χ1) is 20.1. The van der Waals surface area contributed by atoms with Gasteiger partial charge in [-0.15, -0.1) is 5.10 Å². The summed E-state index contributed by atoms with van der Waals surface area (Å²) in [6.07, 6.45) is -15.9. The summed E-state index contributed by atoms with van der Waals surface area (Å²) in [5.74, 6) is -3.86. The van der Waals surface area contributed by atoms with Crippen molar-refractivity contribution in [1.82, 2.24) is 14.8 Å². The molecule has 0 spiro atoms. The number of carbonyl (C=O) groups excluding carboxylic acids is 1. The molecule has 1 unspecified atom stereocenters. The first-order valence-electron chi connectivity index (χ1n) is 12.1. The Bertz CT molecular complexity index is 1610. The number of oxime groups is 1. The quantitative estimate of drug-likeness (QED) is 0.198. The SMILES string of the molecule is Cc1cc(C2=NOC(c3cc(Cl)c(F)c(Cl)c3)(C(F)(F)F)C2)ccc1C(=O)N(CC(F)(F)F)c1nc(C)n(CC(F)(F)F)n1. The lowest BCUT2D eigenvalue weighted by molar-refractivity contribution is -0.275. The molecule has 0 saturated heterocycles. The highest BCUT2D eigenvalue weighted by Crippen LogP contribution is 2.50. The van der Waals surface area contributed by atoms with Crippen LogP contribution in [0.1, 0.15) is 39.3 Å². The van der Waals surface area contributed by atoms with Gasteiger partial charge < -0.3 is 4.84 Å². The predicted octanol–water partition coefficient (Wildman–Crippen LogP) is 7.69. The molecule has 0 radical (unpaired) electrons. The summed E-state index contributed by atoms with van der Waals surface area (Å²) in [4.78, 5) is 21.7. The van der Waals surface area contributed by atoms with Crippen LogP contribution in [0.15, 0.2) is 35.5 Å². The normalized spacial score (nSPS) is 17.5. The number of carbonyl (C=O) groups is 1. The Morgan fingerprint density at radius 1 is 1.00 bits per heavy atom. The van der Waals surface area contributed by atoms with Crippen molar-refractivity contribution < 1.29 is 53.5 Å². The molecule has 1 aromatic heterocycles. The molecule has 4 rings (SSSR count). The summed E-state index contributed by atoms with van der Waals surface area (Å²) in [7, 11) is 0. The number of hydrogen-bond donors (Lipinski definition) is 0. The smallest absolute Gasteiger partial charge is 0.374 e. The molecule has 7 nitrogen and oxygen atoms in total. The Morgan fingerprint density at radius 3 is 2.14 bits per heavy atom. The van der Waals surface area contributed by atoms with Crippen LogP contribution in [0.25, 0.3) is 0 Å². The van der Waals surface area contributed by atoms with E-state index >= 15 is 0 Å². The van der Waals surface area contributed by atoms with Crippen LogP contribution in [0.4, 0.5) is 49.9 Å². The second-order valence-corrected chi connectivity index (χ2v) is 10.5. The van der Waals surface area contributed by atoms with Crippen molar-refractivity contribution in [3.05, 3.63) is 74.3 Å². The number of alkyl halides is 9. The Labute approximate surface area is 251 Å². The molecule has 238 valence electrons. The maximum atomic E-state index is 14.3. The van der Waals surface area contributed by atoms with Crippen molar-refractivity contribution in [3.8, 4) is 0 Å². The number of rotatable bonds is 6. The highest BCUT2D eigenvalue weighted by molar-refractivity contribution is 6.35. The van der Waals surface area contributed by atoms with Gasteiger partial charge >= 0.3 is 18.5 Å². The summed E-state index contributed by atoms with van der Waals surface area (Å²) >= 11 is 11.4. The van der Waals surface area contributed by atoms with Crippen molar-refractivity contribution >= 4 is 40.8 Å². The predicted molar refractivity (Wildman–Crippen MR) is 136 cm³/mol. The summed E-state index contributed by atoms with van der Waals surface area (Å²) in [5.41, 5.74) is -4.52. The number of benzene rings is 2. The molecule has 1 aliphatic rings. The van der Waals surface area contributed by atoms with Gasteiger partial charge in [0.2, 0.25) is 0 Å². The fourth-order valence-corrected chi connectivity index (χ4v) is 4.81. The van der Waals surface area contributed by atoms with E-state index in [0.29, 0.717) is 12.1 Å². The monoisotopic (exact) mass is 679 g/mol. The van der Waals surface area contributed by atoms with Crippen molar-refractivity contribution in [3.63, 3.8) is 0 Å². The Balaban J connectivity index is 1.67. The average Bonchev–Trinajstić information content (AvgIpc) is 3.48. The van der Waals surface area contributed by atoms with Crippen LogP contribution < -0.4 is 4.90 Å². The molecular weight excluding hydrogens is 663 g/mol. The van der Waals surface area contributed by atoms with Gasteiger partial charge in [-0.25, -0.2) is 9.07 Å². The van der Waals surface area contributed by atoms with Gasteiger partial charge in [0.25, 0.3) is 17.5 Å². The zero-order valence-corrected chi connectivity index (χ0v) is 23.6. The minimum absolute atomic E-state index is 0.0183. The van der Waals surface area contributed by atoms with E-state index in [1.807, 2.05) is 0 Å². The van der Waals surface area contributed by atoms with E-state index in [9.17, 15) is 48.7 Å². The molecule has 3 aromatic rings. The Morgan fingerprint density at radius 2 is 1.61 bits per heavy atom. The number of aromatic nitrogens is 3. The van der Waals surface area contributed by atoms with Gasteiger partial charge in [0.1, 0.15) is 18.9 Å². The molecule has 0 bridgehead atoms. The number of anilines is 1. The summed E-state index contributed by atoms with van der Waals surface area (Å²) in [5, 5.41) is 5.55. The average molecular weight is 680 g/mol. The third-order valence-electron chi connectivity index (χ3n) is 6.42. The lowest BCUT2D eigenvalue weighted by Crippen LogP contribution is -2.42. The second kappa shape index (κ2) is 11.4. The summed E-state index contributed by atoms with van der Waals surface area (Å²) in [6.45, 7) is -1.32. The zero-order valence-electron chi connectivity index (χ0n) is 22.1. The summed E-state index contributed by atoms with van der Waals surface area (Å²) in [6, 6.07) is 4.61. The van der Waals surface area contributed by atoms with E-state index in [4.69, 9.17) is 28.0 Å². The topological polar surface area (TPSA) is 72.6 Å². The van der Waals surface area contributed by atoms with Gasteiger partial charge in [-0.3, -0.25) is 9.69 Å². The third kappa shape index (κ3) is 6.72. The molecule has 0 aliphatic carbocycles. The van der Waals surface area contributed by atoms with Crippen LogP contribution in [0.2, 0.25) is 10.0 Å². The van der Waals surface area contributed by atoms with Crippen molar-refractivity contribution in [1.29, 1.82) is 0 Å². The Hall–Kier alpha value is -3.60. The van der Waals surface area contributed by atoms with Crippen LogP contribution in [0.3, 0.4) is 0 Å². The van der Waals surface area contributed by atoms with Crippen molar-refractivity contribution in [2.75, 3.05) is 11.4 Å². The van der Waals surface area contributed by atoms with Crippen LogP contribution in [-0.2, 0) is 17.0 Å². The van der Waals surface area contributed by atoms with Gasteiger partial charge in [-0.2, -0.15) is 44.5 Å². The van der Waals surface area contributed by atoms with E-state index in [0.717, 1.165) is 25.1 Å². The fraction of sp³-hybridized carbons (Fsp3) is 0.360. The molecule has 2 heterocycles. The number of halogens is 12. The lowest BCUT2D eigenvalue weighted by Gasteiger charge is -2.29. The van der Waals surface area contributed by atoms with Crippen molar-refractivity contribution in [2.24, 2.45) is 5.16 Å². The lowest BCUT2D eigenvalue weighted by atomic mass is 9.86. The van der Waals surface area contributed by atoms with E-state index < -0.39 is 82.7 Å². The van der Waals surface area contributed by atoms with Gasteiger partial charge in [-0.05, 0) is 49.2 Å². The fourth-order valence-electron chi connectivity index (χ4n) is 4.33. The molecule has 19 heteroatoms. The maximum Gasteiger partial charge on any atom is 0.435 e. The molecule has 2 aromatic carbocycles. The number of hydrogen-bond acceptors (Lipinski definition) is 5. The molecule has 44 heavy (non-hydrogen) atoms. The van der Waals surface area contributed by atoms with E-state index in [1.54, 1.807) is 0 Å². The first kappa shape index (κ1) is 33.3. The number of aryl methyl sites for hydroxylation is 2. The van der Waals surface area contributed by atoms with Gasteiger partial charge in [0, 0.05) is 17.5 Å². The molecule has 0 saturated carbocycles. The number of amides is 1. The largest absolute Gasteiger partial charge is 0.435 e. The minimum atomic E-state index is -5.12. The highest BCUT2D eigenvalue weighted by atomic mass is 35.5. The second-order valence-electron chi connectivity index (χ2n) is 9.65. The van der Waals surface area contributed by atoms with Crippen molar-refractivity contribution in [2.45, 2.75) is 50.9 Å². The maximum absolute atomic E-state index is 14.3. The van der Waals surface area contributed by atoms with Gasteiger partial charge in [0.15, 0.2) is 5.82 Å². The van der Waals surface area contributed by atoms with Crippen LogP contribution in [-0.4, -0.2) is 51.5 Å². The van der Waals surface area contributed by atoms with Crippen LogP contribution in [0, 0.1) is 19.7 Å². The molecule has 1 amide bonds. The summed E-state index contributed by atoms with van der Waals surface area (Å²) < 4.78 is 136. The van der Waals surface area contributed by atoms with Crippen LogP contribution >= 0.6 is 23.2 Å². The molecule has 1 aliphatic heterocycles. The zero-order chi connectivity index (χ0) is 33.0. The molecule has 0 fully saturated rings. The first-order valence-corrected chi connectivity index (χ1v) is 12.8. The van der Waals surface area contributed by atoms with Gasteiger partial charge in [0.05, 0.1) is 15.8 Å². The minimum Gasteiger partial charge on any atom is -0.374 e. The molecular formula is C25H17Cl2F10N5O2. The van der Waals surface area contributed by atoms with Crippen LogP contribution in [0.5, 0.6) is 0 Å². The molecule has 0 N–H and O–H groups in total. The van der Waals surface area contributed by atoms with E-state index in [1.165, 1.54) is 6.92 Å². The third-order valence-corrected chi connectivity index (χ3v) is 6.97. The Kier molecular flexibility index (Phi) is 8.62. The number of nitrogens with zero attached hydrogens (tertiary/aromatic N) is 5.